The number of carbonyl (C=O) groups is 1. The molecule has 1 fully saturated rings. The Morgan fingerprint density at radius 1 is 1.19 bits per heavy atom. The summed E-state index contributed by atoms with van der Waals surface area (Å²) in [5.74, 6) is 0.00229. The second-order valence-corrected chi connectivity index (χ2v) is 8.35. The first-order valence-corrected chi connectivity index (χ1v) is 10.2. The second-order valence-electron chi connectivity index (χ2n) is 7.34. The van der Waals surface area contributed by atoms with Crippen molar-refractivity contribution >= 4 is 32.6 Å². The maximum atomic E-state index is 13.5. The Balaban J connectivity index is 1.75. The van der Waals surface area contributed by atoms with Gasteiger partial charge in [-0.1, -0.05) is 35.1 Å². The zero-order valence-corrected chi connectivity index (χ0v) is 16.8. The van der Waals surface area contributed by atoms with Crippen LogP contribution in [-0.4, -0.2) is 30.1 Å². The first kappa shape index (κ1) is 18.1. The Bertz CT molecular complexity index is 989. The monoisotopic (exact) mass is 380 g/mol. The summed E-state index contributed by atoms with van der Waals surface area (Å²) in [4.78, 5) is 20.1. The average Bonchev–Trinajstić information content (AvgIpc) is 3.30. The molecule has 1 unspecified atom stereocenters. The van der Waals surface area contributed by atoms with E-state index in [4.69, 9.17) is 9.72 Å². The van der Waals surface area contributed by atoms with E-state index in [1.165, 1.54) is 5.56 Å². The van der Waals surface area contributed by atoms with E-state index in [1.807, 2.05) is 43.0 Å². The fraction of sp³-hybridized carbons (Fsp3) is 0.364. The van der Waals surface area contributed by atoms with Crippen molar-refractivity contribution in [1.82, 2.24) is 4.98 Å². The number of benzene rings is 2. The van der Waals surface area contributed by atoms with Crippen LogP contribution in [0.3, 0.4) is 0 Å². The molecule has 2 aromatic carbocycles. The van der Waals surface area contributed by atoms with Crippen LogP contribution < -0.4 is 4.90 Å². The molecule has 3 aromatic rings. The van der Waals surface area contributed by atoms with Crippen LogP contribution in [0.25, 0.3) is 10.2 Å². The van der Waals surface area contributed by atoms with Crippen molar-refractivity contribution in [3.63, 3.8) is 0 Å². The molecule has 2 heterocycles. The Labute approximate surface area is 163 Å². The van der Waals surface area contributed by atoms with Gasteiger partial charge < -0.3 is 4.74 Å². The Kier molecular flexibility index (Phi) is 4.98. The van der Waals surface area contributed by atoms with E-state index in [0.717, 1.165) is 51.5 Å². The van der Waals surface area contributed by atoms with Crippen LogP contribution in [0.2, 0.25) is 0 Å². The van der Waals surface area contributed by atoms with Crippen LogP contribution >= 0.6 is 11.3 Å². The van der Waals surface area contributed by atoms with Gasteiger partial charge in [-0.3, -0.25) is 9.69 Å². The van der Waals surface area contributed by atoms with Crippen molar-refractivity contribution in [2.75, 3.05) is 18.1 Å². The maximum absolute atomic E-state index is 13.5. The van der Waals surface area contributed by atoms with E-state index in [0.29, 0.717) is 6.54 Å². The molecular weight excluding hydrogens is 356 g/mol. The lowest BCUT2D eigenvalue weighted by molar-refractivity contribution is 0.0917. The largest absolute Gasteiger partial charge is 0.376 e. The zero-order valence-electron chi connectivity index (χ0n) is 16.0. The molecule has 0 radical (unpaired) electrons. The molecule has 0 N–H and O–H groups in total. The molecule has 1 saturated heterocycles. The normalized spacial score (nSPS) is 16.8. The number of carbonyl (C=O) groups excluding carboxylic acids is 1. The number of hydrogen-bond acceptors (Lipinski definition) is 4. The van der Waals surface area contributed by atoms with Gasteiger partial charge >= 0.3 is 0 Å². The van der Waals surface area contributed by atoms with E-state index < -0.39 is 0 Å². The number of aryl methyl sites for hydroxylation is 3. The third kappa shape index (κ3) is 3.75. The molecule has 0 saturated carbocycles. The molecule has 1 aliphatic rings. The molecule has 1 aliphatic heterocycles. The molecule has 4 nitrogen and oxygen atoms in total. The highest BCUT2D eigenvalue weighted by atomic mass is 32.1. The van der Waals surface area contributed by atoms with E-state index in [9.17, 15) is 4.79 Å². The zero-order chi connectivity index (χ0) is 19.0. The van der Waals surface area contributed by atoms with Gasteiger partial charge in [0.25, 0.3) is 5.91 Å². The topological polar surface area (TPSA) is 42.4 Å². The number of aromatic nitrogens is 1. The number of nitrogens with zero attached hydrogens (tertiary/aromatic N) is 2. The fourth-order valence-electron chi connectivity index (χ4n) is 3.49. The van der Waals surface area contributed by atoms with Gasteiger partial charge in [0.15, 0.2) is 5.13 Å². The third-order valence-electron chi connectivity index (χ3n) is 5.04. The van der Waals surface area contributed by atoms with Crippen LogP contribution in [0, 0.1) is 20.8 Å². The van der Waals surface area contributed by atoms with Crippen LogP contribution in [0.1, 0.15) is 39.9 Å². The minimum absolute atomic E-state index is 0.00229. The van der Waals surface area contributed by atoms with E-state index in [2.05, 4.69) is 19.1 Å². The predicted molar refractivity (Wildman–Crippen MR) is 111 cm³/mol. The molecule has 0 bridgehead atoms. The summed E-state index contributed by atoms with van der Waals surface area (Å²) in [6.07, 6.45) is 2.11. The van der Waals surface area contributed by atoms with Crippen molar-refractivity contribution in [3.05, 3.63) is 58.7 Å². The number of fused-ring (bicyclic) bond motifs is 1. The molecule has 0 spiro atoms. The first-order valence-electron chi connectivity index (χ1n) is 9.39. The minimum atomic E-state index is 0.00229. The first-order chi connectivity index (χ1) is 13.0. The number of amides is 1. The van der Waals surface area contributed by atoms with Gasteiger partial charge in [-0.15, -0.1) is 0 Å². The lowest BCUT2D eigenvalue weighted by atomic mass is 10.0. The summed E-state index contributed by atoms with van der Waals surface area (Å²) in [6.45, 7) is 7.39. The highest BCUT2D eigenvalue weighted by Crippen LogP contribution is 2.32. The van der Waals surface area contributed by atoms with Gasteiger partial charge in [0.1, 0.15) is 0 Å². The highest BCUT2D eigenvalue weighted by Gasteiger charge is 2.27. The van der Waals surface area contributed by atoms with Gasteiger partial charge in [-0.05, 0) is 62.9 Å². The quantitative estimate of drug-likeness (QED) is 0.636. The van der Waals surface area contributed by atoms with Gasteiger partial charge in [-0.2, -0.15) is 0 Å². The molecule has 0 aliphatic carbocycles. The second kappa shape index (κ2) is 7.41. The SMILES string of the molecule is Cc1ccc(C)c(C(=O)N(CC2CCCO2)c2nc3ccc(C)cc3s2)c1. The summed E-state index contributed by atoms with van der Waals surface area (Å²) in [5, 5.41) is 0.747. The van der Waals surface area contributed by atoms with Gasteiger partial charge in [0.05, 0.1) is 22.9 Å². The van der Waals surface area contributed by atoms with Crippen molar-refractivity contribution in [1.29, 1.82) is 0 Å². The predicted octanol–water partition coefficient (Wildman–Crippen LogP) is 5.05. The van der Waals surface area contributed by atoms with Crippen LogP contribution in [-0.2, 0) is 4.74 Å². The number of anilines is 1. The van der Waals surface area contributed by atoms with Crippen molar-refractivity contribution < 1.29 is 9.53 Å². The Hall–Kier alpha value is -2.24. The van der Waals surface area contributed by atoms with Crippen LogP contribution in [0.4, 0.5) is 5.13 Å². The van der Waals surface area contributed by atoms with Crippen molar-refractivity contribution in [2.24, 2.45) is 0 Å². The molecule has 5 heteroatoms. The van der Waals surface area contributed by atoms with Crippen LogP contribution in [0.5, 0.6) is 0 Å². The molecule has 140 valence electrons. The van der Waals surface area contributed by atoms with Gasteiger partial charge in [0.2, 0.25) is 0 Å². The Morgan fingerprint density at radius 3 is 2.74 bits per heavy atom. The molecule has 4 rings (SSSR count). The lowest BCUT2D eigenvalue weighted by Gasteiger charge is -2.24. The third-order valence-corrected chi connectivity index (χ3v) is 6.08. The molecular formula is C22H24N2O2S. The minimum Gasteiger partial charge on any atom is -0.376 e. The van der Waals surface area contributed by atoms with Crippen molar-refractivity contribution in [3.8, 4) is 0 Å². The Morgan fingerprint density at radius 2 is 1.96 bits per heavy atom. The molecule has 1 aromatic heterocycles. The number of ether oxygens (including phenoxy) is 1. The van der Waals surface area contributed by atoms with E-state index >= 15 is 0 Å². The van der Waals surface area contributed by atoms with Crippen molar-refractivity contribution in [2.45, 2.75) is 39.7 Å². The number of hydrogen-bond donors (Lipinski definition) is 0. The van der Waals surface area contributed by atoms with Gasteiger partial charge in [0, 0.05) is 12.2 Å². The lowest BCUT2D eigenvalue weighted by Crippen LogP contribution is -2.37. The molecule has 1 atom stereocenters. The molecule has 27 heavy (non-hydrogen) atoms. The summed E-state index contributed by atoms with van der Waals surface area (Å²) < 4.78 is 6.93. The standard InChI is InChI=1S/C22H24N2O2S/c1-14-6-8-16(3)18(11-14)21(25)24(13-17-5-4-10-26-17)22-23-19-9-7-15(2)12-20(19)27-22/h6-9,11-12,17H,4-5,10,13H2,1-3H3. The summed E-state index contributed by atoms with van der Waals surface area (Å²) in [5.41, 5.74) is 4.94. The maximum Gasteiger partial charge on any atom is 0.260 e. The summed E-state index contributed by atoms with van der Waals surface area (Å²) in [7, 11) is 0. The summed E-state index contributed by atoms with van der Waals surface area (Å²) in [6, 6.07) is 12.2. The van der Waals surface area contributed by atoms with Gasteiger partial charge in [-0.25, -0.2) is 4.98 Å². The smallest absolute Gasteiger partial charge is 0.260 e. The van der Waals surface area contributed by atoms with E-state index in [-0.39, 0.29) is 12.0 Å². The summed E-state index contributed by atoms with van der Waals surface area (Å²) >= 11 is 1.57. The fourth-order valence-corrected chi connectivity index (χ4v) is 4.56. The highest BCUT2D eigenvalue weighted by molar-refractivity contribution is 7.22. The van der Waals surface area contributed by atoms with Crippen LogP contribution in [0.15, 0.2) is 36.4 Å². The number of rotatable bonds is 4. The number of thiazole rings is 1. The molecule has 1 amide bonds. The van der Waals surface area contributed by atoms with E-state index in [1.54, 1.807) is 11.3 Å². The average molecular weight is 381 g/mol.